The van der Waals surface area contributed by atoms with Gasteiger partial charge < -0.3 is 9.84 Å². The van der Waals surface area contributed by atoms with Gasteiger partial charge in [-0.3, -0.25) is 4.79 Å². The van der Waals surface area contributed by atoms with Gasteiger partial charge in [0.2, 0.25) is 0 Å². The second kappa shape index (κ2) is 5.00. The van der Waals surface area contributed by atoms with Crippen molar-refractivity contribution < 1.29 is 14.6 Å². The zero-order valence-electron chi connectivity index (χ0n) is 10.6. The fourth-order valence-electron chi connectivity index (χ4n) is 2.04. The highest BCUT2D eigenvalue weighted by molar-refractivity contribution is 5.67. The summed E-state index contributed by atoms with van der Waals surface area (Å²) in [5, 5.41) is 8.83. The summed E-state index contributed by atoms with van der Waals surface area (Å²) in [5.74, 6) is 0.0985. The highest BCUT2D eigenvalue weighted by Gasteiger charge is 2.31. The number of carbonyl (C=O) groups is 1. The van der Waals surface area contributed by atoms with E-state index in [2.05, 4.69) is 13.0 Å². The maximum Gasteiger partial charge on any atom is 0.303 e. The number of ether oxygens (including phenoxy) is 1. The average molecular weight is 226 g/mol. The van der Waals surface area contributed by atoms with Crippen molar-refractivity contribution in [2.24, 2.45) is 17.8 Å². The zero-order chi connectivity index (χ0) is 12.3. The van der Waals surface area contributed by atoms with E-state index in [1.165, 1.54) is 0 Å². The smallest absolute Gasteiger partial charge is 0.303 e. The lowest BCUT2D eigenvalue weighted by Crippen LogP contribution is -2.28. The van der Waals surface area contributed by atoms with Crippen molar-refractivity contribution in [3.05, 3.63) is 12.2 Å². The summed E-state index contributed by atoms with van der Waals surface area (Å²) in [7, 11) is 0. The van der Waals surface area contributed by atoms with Gasteiger partial charge in [0.15, 0.2) is 0 Å². The van der Waals surface area contributed by atoms with E-state index in [9.17, 15) is 4.79 Å². The van der Waals surface area contributed by atoms with Gasteiger partial charge in [-0.1, -0.05) is 19.1 Å². The van der Waals surface area contributed by atoms with Crippen molar-refractivity contribution >= 4 is 5.97 Å². The predicted molar refractivity (Wildman–Crippen MR) is 63.2 cm³/mol. The van der Waals surface area contributed by atoms with Crippen LogP contribution in [0.3, 0.4) is 0 Å². The second-order valence-electron chi connectivity index (χ2n) is 5.59. The van der Waals surface area contributed by atoms with E-state index in [0.29, 0.717) is 18.4 Å². The van der Waals surface area contributed by atoms with Crippen molar-refractivity contribution in [2.45, 2.75) is 39.7 Å². The third kappa shape index (κ3) is 3.97. The molecule has 1 rings (SSSR count). The molecule has 1 N–H and O–H groups in total. The first-order valence-electron chi connectivity index (χ1n) is 5.83. The van der Waals surface area contributed by atoms with Crippen LogP contribution in [0.1, 0.15) is 34.1 Å². The fourth-order valence-corrected chi connectivity index (χ4v) is 2.04. The SMILES string of the molecule is C[C@H]1C=C[C@H](CC(=O)O)[C@@H]1COC(C)(C)C. The van der Waals surface area contributed by atoms with Gasteiger partial charge in [-0.25, -0.2) is 0 Å². The number of hydrogen-bond acceptors (Lipinski definition) is 2. The second-order valence-corrected chi connectivity index (χ2v) is 5.59. The monoisotopic (exact) mass is 226 g/mol. The normalized spacial score (nSPS) is 29.6. The summed E-state index contributed by atoms with van der Waals surface area (Å²) in [6, 6.07) is 0. The Balaban J connectivity index is 2.52. The quantitative estimate of drug-likeness (QED) is 0.750. The van der Waals surface area contributed by atoms with Gasteiger partial charge in [-0.2, -0.15) is 0 Å². The van der Waals surface area contributed by atoms with Crippen LogP contribution in [0.25, 0.3) is 0 Å². The predicted octanol–water partition coefficient (Wildman–Crippen LogP) is 2.71. The number of carboxylic acid groups (broad SMARTS) is 1. The van der Waals surface area contributed by atoms with Gasteiger partial charge in [-0.05, 0) is 38.5 Å². The highest BCUT2D eigenvalue weighted by Crippen LogP contribution is 2.33. The molecule has 0 aliphatic heterocycles. The lowest BCUT2D eigenvalue weighted by molar-refractivity contribution is -0.138. The van der Waals surface area contributed by atoms with Gasteiger partial charge in [0.05, 0.1) is 18.6 Å². The van der Waals surface area contributed by atoms with Gasteiger partial charge in [0.25, 0.3) is 0 Å². The van der Waals surface area contributed by atoms with Crippen LogP contribution < -0.4 is 0 Å². The summed E-state index contributed by atoms with van der Waals surface area (Å²) >= 11 is 0. The van der Waals surface area contributed by atoms with E-state index >= 15 is 0 Å². The Labute approximate surface area is 97.5 Å². The van der Waals surface area contributed by atoms with Crippen LogP contribution in [0.15, 0.2) is 12.2 Å². The highest BCUT2D eigenvalue weighted by atomic mass is 16.5. The number of rotatable bonds is 4. The van der Waals surface area contributed by atoms with Crippen molar-refractivity contribution in [1.29, 1.82) is 0 Å². The first kappa shape index (κ1) is 13.2. The number of allylic oxidation sites excluding steroid dienone is 2. The van der Waals surface area contributed by atoms with Crippen LogP contribution in [-0.2, 0) is 9.53 Å². The average Bonchev–Trinajstić information content (AvgIpc) is 2.42. The molecule has 1 aliphatic rings. The maximum absolute atomic E-state index is 10.7. The van der Waals surface area contributed by atoms with Gasteiger partial charge in [0, 0.05) is 0 Å². The third-order valence-electron chi connectivity index (χ3n) is 3.01. The Morgan fingerprint density at radius 1 is 1.38 bits per heavy atom. The molecule has 3 heteroatoms. The molecule has 0 spiro atoms. The first-order chi connectivity index (χ1) is 7.29. The van der Waals surface area contributed by atoms with Gasteiger partial charge in [0.1, 0.15) is 0 Å². The Hall–Kier alpha value is -0.830. The van der Waals surface area contributed by atoms with Crippen molar-refractivity contribution in [2.75, 3.05) is 6.61 Å². The van der Waals surface area contributed by atoms with Gasteiger partial charge in [-0.15, -0.1) is 0 Å². The van der Waals surface area contributed by atoms with Gasteiger partial charge >= 0.3 is 5.97 Å². The Kier molecular flexibility index (Phi) is 4.14. The molecule has 92 valence electrons. The summed E-state index contributed by atoms with van der Waals surface area (Å²) in [4.78, 5) is 10.7. The Bertz CT molecular complexity index is 275. The summed E-state index contributed by atoms with van der Waals surface area (Å²) in [6.45, 7) is 8.81. The van der Waals surface area contributed by atoms with E-state index in [-0.39, 0.29) is 17.9 Å². The minimum absolute atomic E-state index is 0.120. The molecule has 0 aromatic rings. The minimum Gasteiger partial charge on any atom is -0.481 e. The molecule has 0 heterocycles. The molecule has 0 unspecified atom stereocenters. The summed E-state index contributed by atoms with van der Waals surface area (Å²) in [5.41, 5.74) is -0.157. The molecular weight excluding hydrogens is 204 g/mol. The van der Waals surface area contributed by atoms with Crippen LogP contribution in [0, 0.1) is 17.8 Å². The molecule has 0 radical (unpaired) electrons. The largest absolute Gasteiger partial charge is 0.481 e. The van der Waals surface area contributed by atoms with Crippen LogP contribution in [0.4, 0.5) is 0 Å². The van der Waals surface area contributed by atoms with E-state index in [0.717, 1.165) is 0 Å². The van der Waals surface area contributed by atoms with E-state index in [4.69, 9.17) is 9.84 Å². The molecule has 0 aromatic carbocycles. The first-order valence-corrected chi connectivity index (χ1v) is 5.83. The van der Waals surface area contributed by atoms with Crippen molar-refractivity contribution in [3.8, 4) is 0 Å². The maximum atomic E-state index is 10.7. The zero-order valence-corrected chi connectivity index (χ0v) is 10.6. The number of aliphatic carboxylic acids is 1. The molecule has 3 atom stereocenters. The van der Waals surface area contributed by atoms with Crippen LogP contribution >= 0.6 is 0 Å². The molecule has 3 nitrogen and oxygen atoms in total. The number of carboxylic acids is 1. The molecule has 0 fully saturated rings. The van der Waals surface area contributed by atoms with Crippen LogP contribution in [0.2, 0.25) is 0 Å². The molecule has 16 heavy (non-hydrogen) atoms. The summed E-state index contributed by atoms with van der Waals surface area (Å²) < 4.78 is 5.76. The fraction of sp³-hybridized carbons (Fsp3) is 0.769. The van der Waals surface area contributed by atoms with Crippen molar-refractivity contribution in [1.82, 2.24) is 0 Å². The van der Waals surface area contributed by atoms with Crippen LogP contribution in [0.5, 0.6) is 0 Å². The van der Waals surface area contributed by atoms with E-state index in [1.54, 1.807) is 0 Å². The Morgan fingerprint density at radius 3 is 2.50 bits per heavy atom. The molecular formula is C13H22O3. The minimum atomic E-state index is -0.732. The molecule has 0 aromatic heterocycles. The number of hydrogen-bond donors (Lipinski definition) is 1. The van der Waals surface area contributed by atoms with Crippen molar-refractivity contribution in [3.63, 3.8) is 0 Å². The molecule has 0 bridgehead atoms. The standard InChI is InChI=1S/C13H22O3/c1-9-5-6-10(7-12(14)15)11(9)8-16-13(2,3)4/h5-6,9-11H,7-8H2,1-4H3,(H,14,15)/t9-,10+,11+/m0/s1. The third-order valence-corrected chi connectivity index (χ3v) is 3.01. The molecule has 0 amide bonds. The lowest BCUT2D eigenvalue weighted by Gasteiger charge is -2.27. The van der Waals surface area contributed by atoms with E-state index < -0.39 is 5.97 Å². The summed E-state index contributed by atoms with van der Waals surface area (Å²) in [6.07, 6.45) is 4.33. The Morgan fingerprint density at radius 2 is 2.00 bits per heavy atom. The topological polar surface area (TPSA) is 46.5 Å². The van der Waals surface area contributed by atoms with E-state index in [1.807, 2.05) is 26.8 Å². The lowest BCUT2D eigenvalue weighted by atomic mass is 9.87. The molecule has 0 saturated heterocycles. The molecule has 0 saturated carbocycles. The molecule has 1 aliphatic carbocycles. The van der Waals surface area contributed by atoms with Crippen LogP contribution in [-0.4, -0.2) is 23.3 Å².